The van der Waals surface area contributed by atoms with Crippen LogP contribution in [-0.4, -0.2) is 12.1 Å². The zero-order chi connectivity index (χ0) is 32.7. The Kier molecular flexibility index (Phi) is 10.8. The SMILES string of the molecule is COc1c[c-]c(-c2cc(-c3ccc(P(=O)(c4ccccc4)c4ccccc4)cc3)cc(-c3[c-]cc(C(C)(C)C)cc3)n2)cc1.[Cl][Au]. The first-order valence-corrected chi connectivity index (χ1v) is 19.2. The molecule has 6 rings (SSSR count). The molecule has 0 bridgehead atoms. The van der Waals surface area contributed by atoms with Crippen molar-refractivity contribution in [2.45, 2.75) is 26.2 Å². The zero-order valence-corrected chi connectivity index (χ0v) is 29.9. The number of hydrogen-bond donors (Lipinski definition) is 0. The van der Waals surface area contributed by atoms with E-state index in [4.69, 9.17) is 9.72 Å². The van der Waals surface area contributed by atoms with Crippen molar-refractivity contribution >= 4 is 32.2 Å². The summed E-state index contributed by atoms with van der Waals surface area (Å²) in [7, 11) is 3.17. The Hall–Kier alpha value is -3.69. The average Bonchev–Trinajstić information content (AvgIpc) is 3.12. The molecule has 0 saturated carbocycles. The van der Waals surface area contributed by atoms with Crippen LogP contribution < -0.4 is 20.7 Å². The van der Waals surface area contributed by atoms with Crippen molar-refractivity contribution in [3.05, 3.63) is 151 Å². The van der Waals surface area contributed by atoms with Crippen molar-refractivity contribution < 1.29 is 29.3 Å². The number of aromatic nitrogens is 1. The van der Waals surface area contributed by atoms with Gasteiger partial charge in [-0.15, -0.1) is 65.2 Å². The van der Waals surface area contributed by atoms with Gasteiger partial charge in [-0.1, -0.05) is 118 Å². The Morgan fingerprint density at radius 2 is 1.15 bits per heavy atom. The van der Waals surface area contributed by atoms with Gasteiger partial charge in [0.1, 0.15) is 0 Å². The maximum absolute atomic E-state index is 14.9. The number of halogens is 1. The fraction of sp³-hybridized carbons (Fsp3) is 0.125. The number of nitrogens with zero attached hydrogens (tertiary/aromatic N) is 1. The van der Waals surface area contributed by atoms with Crippen LogP contribution in [0.4, 0.5) is 0 Å². The molecule has 0 atom stereocenters. The summed E-state index contributed by atoms with van der Waals surface area (Å²) in [4.78, 5) is 5.04. The molecule has 6 aromatic rings. The van der Waals surface area contributed by atoms with Crippen LogP contribution in [0, 0.1) is 12.1 Å². The zero-order valence-electron chi connectivity index (χ0n) is 26.1. The van der Waals surface area contributed by atoms with Crippen LogP contribution in [0.2, 0.25) is 0 Å². The van der Waals surface area contributed by atoms with Gasteiger partial charge in [0.2, 0.25) is 0 Å². The first-order chi connectivity index (χ1) is 22.3. The molecule has 236 valence electrons. The molecular formula is C40H34AuClNO2P-2. The summed E-state index contributed by atoms with van der Waals surface area (Å²) >= 11 is 1.75. The minimum atomic E-state index is -3.06. The van der Waals surface area contributed by atoms with Crippen LogP contribution in [0.25, 0.3) is 33.6 Å². The van der Waals surface area contributed by atoms with E-state index < -0.39 is 7.14 Å². The van der Waals surface area contributed by atoms with E-state index >= 15 is 0 Å². The first kappa shape index (κ1) is 33.7. The van der Waals surface area contributed by atoms with Gasteiger partial charge < -0.3 is 14.3 Å². The van der Waals surface area contributed by atoms with Crippen LogP contribution in [-0.2, 0) is 30.0 Å². The van der Waals surface area contributed by atoms with Crippen LogP contribution in [0.15, 0.2) is 133 Å². The monoisotopic (exact) mass is 823 g/mol. The number of rotatable bonds is 7. The van der Waals surface area contributed by atoms with E-state index in [-0.39, 0.29) is 5.41 Å². The molecule has 0 aliphatic heterocycles. The van der Waals surface area contributed by atoms with E-state index in [1.807, 2.05) is 91.0 Å². The number of benzene rings is 5. The van der Waals surface area contributed by atoms with Gasteiger partial charge in [0, 0.05) is 21.7 Å². The Morgan fingerprint density at radius 3 is 1.59 bits per heavy atom. The molecule has 0 aliphatic rings. The van der Waals surface area contributed by atoms with Gasteiger partial charge in [0.25, 0.3) is 0 Å². The third-order valence-electron chi connectivity index (χ3n) is 7.88. The average molecular weight is 824 g/mol. The molecule has 6 heteroatoms. The Balaban J connectivity index is 0.00000204. The number of ether oxygens (including phenoxy) is 1. The summed E-state index contributed by atoms with van der Waals surface area (Å²) in [5.74, 6) is 0.744. The predicted molar refractivity (Wildman–Crippen MR) is 189 cm³/mol. The van der Waals surface area contributed by atoms with Crippen LogP contribution in [0.3, 0.4) is 0 Å². The molecule has 46 heavy (non-hydrogen) atoms. The molecule has 0 amide bonds. The van der Waals surface area contributed by atoms with Crippen LogP contribution in [0.1, 0.15) is 26.3 Å². The standard InChI is InChI=1S/C40H34NO2P.Au.ClH/c1-40(2,3)33-21-15-30(16-22-33)38-27-32(28-39(41-38)31-17-23-34(43-4)24-18-31)29-19-25-37(26-20-29)44(42,35-11-7-5-8-12-35)36-13-9-6-10-14-36;;/h5-15,17,19-28H,1-4H3;;1H/q-2;+1;/p-1. The fourth-order valence-electron chi connectivity index (χ4n) is 5.31. The van der Waals surface area contributed by atoms with E-state index in [0.29, 0.717) is 0 Å². The molecule has 0 saturated heterocycles. The van der Waals surface area contributed by atoms with E-state index in [2.05, 4.69) is 84.6 Å². The van der Waals surface area contributed by atoms with Crippen molar-refractivity contribution in [2.24, 2.45) is 0 Å². The normalized spacial score (nSPS) is 11.4. The molecule has 3 nitrogen and oxygen atoms in total. The van der Waals surface area contributed by atoms with Crippen molar-refractivity contribution in [1.29, 1.82) is 0 Å². The maximum atomic E-state index is 14.9. The predicted octanol–water partition coefficient (Wildman–Crippen LogP) is 9.32. The fourth-order valence-corrected chi connectivity index (χ4v) is 7.95. The van der Waals surface area contributed by atoms with Gasteiger partial charge >= 0.3 is 29.2 Å². The second-order valence-corrected chi connectivity index (χ2v) is 14.6. The molecular weight excluding hydrogens is 790 g/mol. The molecule has 0 N–H and O–H groups in total. The van der Waals surface area contributed by atoms with Crippen molar-refractivity contribution in [3.8, 4) is 39.4 Å². The number of methoxy groups -OCH3 is 1. The van der Waals surface area contributed by atoms with Gasteiger partial charge in [-0.2, -0.15) is 0 Å². The molecule has 0 radical (unpaired) electrons. The van der Waals surface area contributed by atoms with Gasteiger partial charge in [-0.05, 0) is 27.9 Å². The summed E-state index contributed by atoms with van der Waals surface area (Å²) in [5.41, 5.74) is 6.68. The first-order valence-electron chi connectivity index (χ1n) is 14.8. The molecule has 1 aromatic heterocycles. The van der Waals surface area contributed by atoms with Gasteiger partial charge in [-0.25, -0.2) is 0 Å². The number of pyridine rings is 1. The summed E-state index contributed by atoms with van der Waals surface area (Å²) < 4.78 is 20.2. The Morgan fingerprint density at radius 1 is 0.652 bits per heavy atom. The van der Waals surface area contributed by atoms with Gasteiger partial charge in [0.05, 0.1) is 7.11 Å². The van der Waals surface area contributed by atoms with Crippen LogP contribution in [0.5, 0.6) is 5.75 Å². The van der Waals surface area contributed by atoms with Crippen molar-refractivity contribution in [1.82, 2.24) is 4.98 Å². The minimum absolute atomic E-state index is 0.0359. The van der Waals surface area contributed by atoms with E-state index in [0.717, 1.165) is 55.3 Å². The third kappa shape index (κ3) is 7.31. The summed E-state index contributed by atoms with van der Waals surface area (Å²) in [6.45, 7) is 6.60. The summed E-state index contributed by atoms with van der Waals surface area (Å²) in [5, 5.41) is 2.43. The van der Waals surface area contributed by atoms with Gasteiger partial charge in [0.15, 0.2) is 7.14 Å². The van der Waals surface area contributed by atoms with Crippen molar-refractivity contribution in [2.75, 3.05) is 7.11 Å². The van der Waals surface area contributed by atoms with E-state index in [1.165, 1.54) is 5.56 Å². The topological polar surface area (TPSA) is 39.2 Å². The van der Waals surface area contributed by atoms with Crippen molar-refractivity contribution in [3.63, 3.8) is 0 Å². The summed E-state index contributed by atoms with van der Waals surface area (Å²) in [6.07, 6.45) is 0. The Labute approximate surface area is 288 Å². The molecule has 0 spiro atoms. The quantitative estimate of drug-likeness (QED) is 0.0916. The van der Waals surface area contributed by atoms with Crippen LogP contribution >= 0.6 is 16.3 Å². The second-order valence-electron chi connectivity index (χ2n) is 11.8. The molecule has 0 unspecified atom stereocenters. The second kappa shape index (κ2) is 14.8. The number of hydrogen-bond acceptors (Lipinski definition) is 3. The molecule has 0 aliphatic carbocycles. The third-order valence-corrected chi connectivity index (χ3v) is 11.0. The van der Waals surface area contributed by atoms with Gasteiger partial charge in [-0.3, -0.25) is 0 Å². The molecule has 0 fully saturated rings. The molecule has 5 aromatic carbocycles. The molecule has 1 heterocycles. The Bertz CT molecular complexity index is 1880. The van der Waals surface area contributed by atoms with E-state index in [9.17, 15) is 4.57 Å². The van der Waals surface area contributed by atoms with E-state index in [1.54, 1.807) is 27.1 Å². The summed E-state index contributed by atoms with van der Waals surface area (Å²) in [6, 6.07) is 50.6.